The molecule has 0 bridgehead atoms. The molecule has 0 heterocycles. The van der Waals surface area contributed by atoms with Gasteiger partial charge in [0.15, 0.2) is 0 Å². The first kappa shape index (κ1) is 16.8. The lowest BCUT2D eigenvalue weighted by atomic mass is 9.44. The average Bonchev–Trinajstić information content (AvgIpc) is 2.88. The summed E-state index contributed by atoms with van der Waals surface area (Å²) in [4.78, 5) is 11.8. The van der Waals surface area contributed by atoms with Crippen LogP contribution in [0.25, 0.3) is 0 Å². The predicted octanol–water partition coefficient (Wildman–Crippen LogP) is 3.06. The lowest BCUT2D eigenvalue weighted by molar-refractivity contribution is -0.180. The van der Waals surface area contributed by atoms with Gasteiger partial charge in [-0.25, -0.2) is 0 Å². The molecular formula is C20H32O4. The van der Waals surface area contributed by atoms with E-state index in [9.17, 15) is 20.1 Å². The van der Waals surface area contributed by atoms with Crippen LogP contribution in [-0.4, -0.2) is 33.5 Å². The van der Waals surface area contributed by atoms with Crippen LogP contribution in [0.4, 0.5) is 0 Å². The van der Waals surface area contributed by atoms with E-state index in [0.29, 0.717) is 23.7 Å². The van der Waals surface area contributed by atoms with Crippen LogP contribution in [0.1, 0.15) is 65.2 Å². The minimum atomic E-state index is -0.724. The summed E-state index contributed by atoms with van der Waals surface area (Å²) in [7, 11) is 0. The number of aliphatic hydroxyl groups is 2. The number of aliphatic carboxylic acids is 1. The van der Waals surface area contributed by atoms with Crippen molar-refractivity contribution in [3.8, 4) is 0 Å². The number of fused-ring (bicyclic) bond motifs is 5. The molecule has 24 heavy (non-hydrogen) atoms. The van der Waals surface area contributed by atoms with Gasteiger partial charge in [-0.3, -0.25) is 4.79 Å². The zero-order chi connectivity index (χ0) is 17.3. The molecular weight excluding hydrogens is 304 g/mol. The lowest BCUT2D eigenvalue weighted by Gasteiger charge is -2.61. The van der Waals surface area contributed by atoms with Crippen LogP contribution in [0, 0.1) is 40.4 Å². The standard InChI is InChI=1S/C20H32O4/c1-19-8-7-12(21)9-11(19)3-4-13-14-5-6-15(18(23)24)20(14,2)17(22)10-16(13)19/h11-17,21-22H,3-10H2,1-2H3,(H,23,24)/t11-,12+,13-,14-,15-,16-,17-,19-,20+/m0/s1. The van der Waals surface area contributed by atoms with Crippen LogP contribution >= 0.6 is 0 Å². The molecule has 4 aliphatic carbocycles. The first-order valence-corrected chi connectivity index (χ1v) is 9.87. The molecule has 4 nitrogen and oxygen atoms in total. The van der Waals surface area contributed by atoms with Crippen LogP contribution in [0.15, 0.2) is 0 Å². The quantitative estimate of drug-likeness (QED) is 0.688. The van der Waals surface area contributed by atoms with Crippen molar-refractivity contribution in [1.82, 2.24) is 0 Å². The van der Waals surface area contributed by atoms with E-state index in [2.05, 4.69) is 6.92 Å². The van der Waals surface area contributed by atoms with Crippen LogP contribution < -0.4 is 0 Å². The minimum Gasteiger partial charge on any atom is -0.481 e. The summed E-state index contributed by atoms with van der Waals surface area (Å²) in [6.45, 7) is 4.43. The zero-order valence-corrected chi connectivity index (χ0v) is 14.9. The third-order valence-electron chi connectivity index (χ3n) is 9.04. The van der Waals surface area contributed by atoms with Gasteiger partial charge in [0, 0.05) is 5.41 Å². The molecule has 9 atom stereocenters. The Morgan fingerprint density at radius 1 is 0.958 bits per heavy atom. The largest absolute Gasteiger partial charge is 0.481 e. The van der Waals surface area contributed by atoms with E-state index in [1.165, 1.54) is 0 Å². The molecule has 4 heteroatoms. The van der Waals surface area contributed by atoms with Crippen molar-refractivity contribution in [3.63, 3.8) is 0 Å². The van der Waals surface area contributed by atoms with Crippen molar-refractivity contribution in [2.75, 3.05) is 0 Å². The summed E-state index contributed by atoms with van der Waals surface area (Å²) in [6, 6.07) is 0. The molecule has 0 spiro atoms. The van der Waals surface area contributed by atoms with E-state index in [4.69, 9.17) is 0 Å². The highest BCUT2D eigenvalue weighted by Gasteiger charge is 2.64. The number of hydrogen-bond acceptors (Lipinski definition) is 3. The van der Waals surface area contributed by atoms with Crippen LogP contribution in [0.3, 0.4) is 0 Å². The second-order valence-corrected chi connectivity index (χ2v) is 9.67. The van der Waals surface area contributed by atoms with Gasteiger partial charge in [0.05, 0.1) is 18.1 Å². The molecule has 0 amide bonds. The Labute approximate surface area is 144 Å². The Morgan fingerprint density at radius 2 is 1.71 bits per heavy atom. The van der Waals surface area contributed by atoms with E-state index in [-0.39, 0.29) is 11.5 Å². The smallest absolute Gasteiger partial charge is 0.307 e. The molecule has 0 aromatic heterocycles. The molecule has 0 radical (unpaired) electrons. The number of rotatable bonds is 1. The zero-order valence-electron chi connectivity index (χ0n) is 14.9. The number of carboxylic acid groups (broad SMARTS) is 1. The SMILES string of the molecule is C[C@]12CC[C@@H](O)C[C@@H]1CC[C@@H]1[C@@H]2C[C@H](O)[C@@]2(C)[C@H](C(=O)O)CC[C@@H]12. The highest BCUT2D eigenvalue weighted by Crippen LogP contribution is 2.67. The second kappa shape index (κ2) is 5.44. The van der Waals surface area contributed by atoms with Crippen molar-refractivity contribution in [2.24, 2.45) is 40.4 Å². The van der Waals surface area contributed by atoms with Gasteiger partial charge in [0.2, 0.25) is 0 Å². The first-order valence-electron chi connectivity index (χ1n) is 9.87. The minimum absolute atomic E-state index is 0.152. The summed E-state index contributed by atoms with van der Waals surface area (Å²) in [5, 5.41) is 30.8. The summed E-state index contributed by atoms with van der Waals surface area (Å²) in [5.74, 6) is 0.840. The fourth-order valence-corrected chi connectivity index (χ4v) is 7.61. The number of carboxylic acids is 1. The van der Waals surface area contributed by atoms with Gasteiger partial charge in [0.25, 0.3) is 0 Å². The highest BCUT2D eigenvalue weighted by molar-refractivity contribution is 5.71. The third-order valence-corrected chi connectivity index (χ3v) is 9.04. The molecule has 4 fully saturated rings. The Hall–Kier alpha value is -0.610. The predicted molar refractivity (Wildman–Crippen MR) is 90.2 cm³/mol. The Bertz CT molecular complexity index is 534. The molecule has 4 aliphatic rings. The van der Waals surface area contributed by atoms with Gasteiger partial charge >= 0.3 is 5.97 Å². The van der Waals surface area contributed by atoms with E-state index in [1.807, 2.05) is 6.92 Å². The van der Waals surface area contributed by atoms with Crippen molar-refractivity contribution < 1.29 is 20.1 Å². The molecule has 136 valence electrons. The van der Waals surface area contributed by atoms with Crippen molar-refractivity contribution >= 4 is 5.97 Å². The summed E-state index contributed by atoms with van der Waals surface area (Å²) >= 11 is 0. The van der Waals surface area contributed by atoms with E-state index >= 15 is 0 Å². The maximum Gasteiger partial charge on any atom is 0.307 e. The topological polar surface area (TPSA) is 77.8 Å². The number of carbonyl (C=O) groups is 1. The fraction of sp³-hybridized carbons (Fsp3) is 0.950. The van der Waals surface area contributed by atoms with Gasteiger partial charge in [-0.05, 0) is 80.5 Å². The summed E-state index contributed by atoms with van der Waals surface area (Å²) in [5.41, 5.74) is -0.240. The summed E-state index contributed by atoms with van der Waals surface area (Å²) < 4.78 is 0. The molecule has 3 N–H and O–H groups in total. The molecule has 0 unspecified atom stereocenters. The third kappa shape index (κ3) is 2.08. The van der Waals surface area contributed by atoms with Crippen molar-refractivity contribution in [1.29, 1.82) is 0 Å². The molecule has 0 aromatic rings. The summed E-state index contributed by atoms with van der Waals surface area (Å²) in [6.07, 6.45) is 6.93. The van der Waals surface area contributed by atoms with Gasteiger partial charge < -0.3 is 15.3 Å². The van der Waals surface area contributed by atoms with Gasteiger partial charge in [0.1, 0.15) is 0 Å². The van der Waals surface area contributed by atoms with E-state index < -0.39 is 23.4 Å². The first-order chi connectivity index (χ1) is 11.3. The van der Waals surface area contributed by atoms with Crippen molar-refractivity contribution in [2.45, 2.75) is 77.4 Å². The number of aliphatic hydroxyl groups excluding tert-OH is 2. The van der Waals surface area contributed by atoms with E-state index in [1.54, 1.807) is 0 Å². The number of hydrogen-bond donors (Lipinski definition) is 3. The highest BCUT2D eigenvalue weighted by atomic mass is 16.4. The molecule has 4 saturated carbocycles. The Balaban J connectivity index is 1.66. The maximum absolute atomic E-state index is 11.8. The van der Waals surface area contributed by atoms with Crippen LogP contribution in [0.5, 0.6) is 0 Å². The fourth-order valence-electron chi connectivity index (χ4n) is 7.61. The average molecular weight is 336 g/mol. The second-order valence-electron chi connectivity index (χ2n) is 9.67. The van der Waals surface area contributed by atoms with Crippen LogP contribution in [-0.2, 0) is 4.79 Å². The monoisotopic (exact) mass is 336 g/mol. The van der Waals surface area contributed by atoms with E-state index in [0.717, 1.165) is 51.4 Å². The van der Waals surface area contributed by atoms with Crippen LogP contribution in [0.2, 0.25) is 0 Å². The Kier molecular flexibility index (Phi) is 3.82. The molecule has 0 saturated heterocycles. The normalized spacial score (nSPS) is 56.9. The van der Waals surface area contributed by atoms with Gasteiger partial charge in [-0.15, -0.1) is 0 Å². The Morgan fingerprint density at radius 3 is 2.42 bits per heavy atom. The molecule has 0 aliphatic heterocycles. The molecule has 4 rings (SSSR count). The van der Waals surface area contributed by atoms with Gasteiger partial charge in [-0.2, -0.15) is 0 Å². The molecule has 0 aromatic carbocycles. The lowest BCUT2D eigenvalue weighted by Crippen LogP contribution is -2.59. The maximum atomic E-state index is 11.8. The van der Waals surface area contributed by atoms with Gasteiger partial charge in [-0.1, -0.05) is 13.8 Å². The van der Waals surface area contributed by atoms with Crippen molar-refractivity contribution in [3.05, 3.63) is 0 Å².